The first-order valence-electron chi connectivity index (χ1n) is 5.96. The van der Waals surface area contributed by atoms with Crippen molar-refractivity contribution in [1.82, 2.24) is 15.0 Å². The fourth-order valence-electron chi connectivity index (χ4n) is 1.92. The number of rotatable bonds is 3. The smallest absolute Gasteiger partial charge is 0.171 e. The zero-order valence-electron chi connectivity index (χ0n) is 10.2. The highest BCUT2D eigenvalue weighted by atomic mass is 16.1. The SMILES string of the molecule is O=C(Cc1ccc2ccccc2n1)c1cncnc1. The van der Waals surface area contributed by atoms with Crippen molar-refractivity contribution in [3.63, 3.8) is 0 Å². The van der Waals surface area contributed by atoms with Crippen LogP contribution in [-0.2, 0) is 6.42 Å². The van der Waals surface area contributed by atoms with Crippen molar-refractivity contribution in [2.75, 3.05) is 0 Å². The number of carbonyl (C=O) groups excluding carboxylic acids is 1. The molecule has 2 aromatic heterocycles. The van der Waals surface area contributed by atoms with Crippen molar-refractivity contribution in [3.05, 3.63) is 66.4 Å². The van der Waals surface area contributed by atoms with Gasteiger partial charge in [0.25, 0.3) is 0 Å². The average Bonchev–Trinajstić information content (AvgIpc) is 2.48. The molecule has 0 N–H and O–H groups in total. The predicted octanol–water partition coefficient (Wildman–Crippen LogP) is 2.45. The van der Waals surface area contributed by atoms with Crippen LogP contribution in [0, 0.1) is 0 Å². The second-order valence-electron chi connectivity index (χ2n) is 4.22. The summed E-state index contributed by atoms with van der Waals surface area (Å²) in [6.07, 6.45) is 4.72. The zero-order chi connectivity index (χ0) is 13.1. The van der Waals surface area contributed by atoms with E-state index in [0.29, 0.717) is 5.56 Å². The number of aromatic nitrogens is 3. The lowest BCUT2D eigenvalue weighted by atomic mass is 10.1. The molecule has 4 nitrogen and oxygen atoms in total. The Morgan fingerprint density at radius 2 is 1.79 bits per heavy atom. The molecule has 0 aliphatic carbocycles. The molecule has 0 bridgehead atoms. The Morgan fingerprint density at radius 3 is 2.63 bits per heavy atom. The Kier molecular flexibility index (Phi) is 2.98. The van der Waals surface area contributed by atoms with Crippen molar-refractivity contribution in [3.8, 4) is 0 Å². The molecule has 0 saturated heterocycles. The summed E-state index contributed by atoms with van der Waals surface area (Å²) in [4.78, 5) is 24.2. The van der Waals surface area contributed by atoms with E-state index in [4.69, 9.17) is 0 Å². The molecule has 92 valence electrons. The van der Waals surface area contributed by atoms with Crippen LogP contribution in [0.25, 0.3) is 10.9 Å². The third-order valence-electron chi connectivity index (χ3n) is 2.88. The molecular formula is C15H11N3O. The molecule has 3 aromatic rings. The van der Waals surface area contributed by atoms with Crippen LogP contribution in [0.1, 0.15) is 16.1 Å². The molecule has 0 amide bonds. The first-order chi connectivity index (χ1) is 9.33. The van der Waals surface area contributed by atoms with Gasteiger partial charge in [-0.1, -0.05) is 24.3 Å². The van der Waals surface area contributed by atoms with Crippen LogP contribution in [0.2, 0.25) is 0 Å². The van der Waals surface area contributed by atoms with Crippen LogP contribution in [0.15, 0.2) is 55.1 Å². The van der Waals surface area contributed by atoms with Crippen molar-refractivity contribution in [2.45, 2.75) is 6.42 Å². The van der Waals surface area contributed by atoms with Gasteiger partial charge in [0.05, 0.1) is 17.5 Å². The van der Waals surface area contributed by atoms with E-state index < -0.39 is 0 Å². The maximum atomic E-state index is 12.0. The summed E-state index contributed by atoms with van der Waals surface area (Å²) in [5.74, 6) is -0.0246. The standard InChI is InChI=1S/C15H11N3O/c19-15(12-8-16-10-17-9-12)7-13-6-5-11-3-1-2-4-14(11)18-13/h1-6,8-10H,7H2. The number of hydrogen-bond acceptors (Lipinski definition) is 4. The quantitative estimate of drug-likeness (QED) is 0.669. The molecule has 0 fully saturated rings. The topological polar surface area (TPSA) is 55.7 Å². The van der Waals surface area contributed by atoms with Gasteiger partial charge in [-0.15, -0.1) is 0 Å². The first-order valence-corrected chi connectivity index (χ1v) is 5.96. The summed E-state index contributed by atoms with van der Waals surface area (Å²) >= 11 is 0. The van der Waals surface area contributed by atoms with Gasteiger partial charge in [0, 0.05) is 23.5 Å². The monoisotopic (exact) mass is 249 g/mol. The number of hydrogen-bond donors (Lipinski definition) is 0. The predicted molar refractivity (Wildman–Crippen MR) is 71.8 cm³/mol. The van der Waals surface area contributed by atoms with E-state index in [1.54, 1.807) is 0 Å². The van der Waals surface area contributed by atoms with E-state index in [-0.39, 0.29) is 12.2 Å². The molecule has 3 rings (SSSR count). The van der Waals surface area contributed by atoms with Gasteiger partial charge in [-0.05, 0) is 12.1 Å². The third-order valence-corrected chi connectivity index (χ3v) is 2.88. The van der Waals surface area contributed by atoms with Gasteiger partial charge >= 0.3 is 0 Å². The van der Waals surface area contributed by atoms with Gasteiger partial charge in [-0.25, -0.2) is 9.97 Å². The summed E-state index contributed by atoms with van der Waals surface area (Å²) in [6, 6.07) is 11.7. The summed E-state index contributed by atoms with van der Waals surface area (Å²) in [7, 11) is 0. The number of benzene rings is 1. The highest BCUT2D eigenvalue weighted by Crippen LogP contribution is 2.13. The van der Waals surface area contributed by atoms with Gasteiger partial charge in [0.15, 0.2) is 5.78 Å². The van der Waals surface area contributed by atoms with Crippen LogP contribution in [0.3, 0.4) is 0 Å². The minimum absolute atomic E-state index is 0.0246. The molecule has 0 atom stereocenters. The Morgan fingerprint density at radius 1 is 1.00 bits per heavy atom. The Hall–Kier alpha value is -2.62. The van der Waals surface area contributed by atoms with E-state index in [9.17, 15) is 4.79 Å². The summed E-state index contributed by atoms with van der Waals surface area (Å²) in [5.41, 5.74) is 2.17. The van der Waals surface area contributed by atoms with Gasteiger partial charge in [-0.2, -0.15) is 0 Å². The highest BCUT2D eigenvalue weighted by Gasteiger charge is 2.08. The lowest BCUT2D eigenvalue weighted by molar-refractivity contribution is 0.0991. The van der Waals surface area contributed by atoms with Crippen LogP contribution in [0.4, 0.5) is 0 Å². The lowest BCUT2D eigenvalue weighted by Gasteiger charge is -2.02. The van der Waals surface area contributed by atoms with Crippen molar-refractivity contribution in [1.29, 1.82) is 0 Å². The number of Topliss-reactive ketones (excluding diaryl/α,β-unsaturated/α-hetero) is 1. The Labute approximate surface area is 110 Å². The van der Waals surface area contributed by atoms with Gasteiger partial charge in [-0.3, -0.25) is 9.78 Å². The molecule has 0 spiro atoms. The number of para-hydroxylation sites is 1. The lowest BCUT2D eigenvalue weighted by Crippen LogP contribution is -2.06. The summed E-state index contributed by atoms with van der Waals surface area (Å²) < 4.78 is 0. The van der Waals surface area contributed by atoms with Crippen molar-refractivity contribution >= 4 is 16.7 Å². The molecule has 19 heavy (non-hydrogen) atoms. The van der Waals surface area contributed by atoms with Crippen LogP contribution in [0.5, 0.6) is 0 Å². The second-order valence-corrected chi connectivity index (χ2v) is 4.22. The number of fused-ring (bicyclic) bond motifs is 1. The second kappa shape index (κ2) is 4.94. The normalized spacial score (nSPS) is 10.5. The van der Waals surface area contributed by atoms with Gasteiger partial charge in [0.2, 0.25) is 0 Å². The Balaban J connectivity index is 1.87. The minimum atomic E-state index is -0.0246. The van der Waals surface area contributed by atoms with Gasteiger partial charge < -0.3 is 0 Å². The minimum Gasteiger partial charge on any atom is -0.294 e. The molecule has 0 saturated carbocycles. The van der Waals surface area contributed by atoms with E-state index in [0.717, 1.165) is 16.6 Å². The number of carbonyl (C=O) groups is 1. The highest BCUT2D eigenvalue weighted by molar-refractivity contribution is 5.97. The molecular weight excluding hydrogens is 238 g/mol. The molecule has 0 aliphatic heterocycles. The van der Waals surface area contributed by atoms with Crippen molar-refractivity contribution < 1.29 is 4.79 Å². The number of nitrogens with zero attached hydrogens (tertiary/aromatic N) is 3. The Bertz CT molecular complexity index is 726. The molecule has 0 unspecified atom stereocenters. The molecule has 1 aromatic carbocycles. The molecule has 0 radical (unpaired) electrons. The maximum Gasteiger partial charge on any atom is 0.171 e. The largest absolute Gasteiger partial charge is 0.294 e. The molecule has 4 heteroatoms. The van der Waals surface area contributed by atoms with E-state index in [1.807, 2.05) is 36.4 Å². The maximum absolute atomic E-state index is 12.0. The van der Waals surface area contributed by atoms with Gasteiger partial charge in [0.1, 0.15) is 6.33 Å². The molecule has 2 heterocycles. The van der Waals surface area contributed by atoms with E-state index >= 15 is 0 Å². The van der Waals surface area contributed by atoms with Crippen LogP contribution >= 0.6 is 0 Å². The zero-order valence-corrected chi connectivity index (χ0v) is 10.2. The van der Waals surface area contributed by atoms with Crippen LogP contribution < -0.4 is 0 Å². The third kappa shape index (κ3) is 2.47. The fraction of sp³-hybridized carbons (Fsp3) is 0.0667. The van der Waals surface area contributed by atoms with Crippen LogP contribution in [-0.4, -0.2) is 20.7 Å². The van der Waals surface area contributed by atoms with Crippen molar-refractivity contribution in [2.24, 2.45) is 0 Å². The summed E-state index contributed by atoms with van der Waals surface area (Å²) in [6.45, 7) is 0. The number of pyridine rings is 1. The summed E-state index contributed by atoms with van der Waals surface area (Å²) in [5, 5.41) is 1.07. The number of ketones is 1. The average molecular weight is 249 g/mol. The molecule has 0 aliphatic rings. The van der Waals surface area contributed by atoms with E-state index in [2.05, 4.69) is 15.0 Å². The first kappa shape index (κ1) is 11.5. The fourth-order valence-corrected chi connectivity index (χ4v) is 1.92. The van der Waals surface area contributed by atoms with E-state index in [1.165, 1.54) is 18.7 Å².